The van der Waals surface area contributed by atoms with Gasteiger partial charge >= 0.3 is 0 Å². The van der Waals surface area contributed by atoms with Crippen LogP contribution in [0.4, 0.5) is 0 Å². The van der Waals surface area contributed by atoms with E-state index in [0.29, 0.717) is 6.10 Å². The second-order valence-corrected chi connectivity index (χ2v) is 5.99. The van der Waals surface area contributed by atoms with E-state index in [-0.39, 0.29) is 1.43 Å². The van der Waals surface area contributed by atoms with Gasteiger partial charge in [0.15, 0.2) is 0 Å². The van der Waals surface area contributed by atoms with Gasteiger partial charge in [-0.25, -0.2) is 0 Å². The Bertz CT molecular complexity index is 206. The van der Waals surface area contributed by atoms with Crippen LogP contribution in [0, 0.1) is 11.3 Å². The van der Waals surface area contributed by atoms with Crippen molar-refractivity contribution in [2.45, 2.75) is 58.6 Å². The van der Waals surface area contributed by atoms with E-state index in [1.54, 1.807) is 0 Å². The minimum atomic E-state index is 0. The Morgan fingerprint density at radius 3 is 2.53 bits per heavy atom. The SMILES string of the molecule is CC1CC2(C1)CC(NCCOC(C)C)C2.[HH]. The molecule has 0 heterocycles. The van der Waals surface area contributed by atoms with Crippen molar-refractivity contribution in [3.63, 3.8) is 0 Å². The fourth-order valence-electron chi connectivity index (χ4n) is 3.44. The lowest BCUT2D eigenvalue weighted by molar-refractivity contribution is -0.0444. The summed E-state index contributed by atoms with van der Waals surface area (Å²) in [6.45, 7) is 8.44. The van der Waals surface area contributed by atoms with Gasteiger partial charge in [0.2, 0.25) is 0 Å². The van der Waals surface area contributed by atoms with Crippen LogP contribution < -0.4 is 5.32 Å². The quantitative estimate of drug-likeness (QED) is 0.709. The molecule has 0 aromatic carbocycles. The molecule has 1 N–H and O–H groups in total. The first-order chi connectivity index (χ1) is 7.10. The van der Waals surface area contributed by atoms with Crippen molar-refractivity contribution in [1.29, 1.82) is 0 Å². The largest absolute Gasteiger partial charge is 0.377 e. The minimum Gasteiger partial charge on any atom is -0.377 e. The number of ether oxygens (including phenoxy) is 1. The Kier molecular flexibility index (Phi) is 3.36. The molecule has 15 heavy (non-hydrogen) atoms. The predicted molar refractivity (Wildman–Crippen MR) is 65.1 cm³/mol. The maximum atomic E-state index is 5.51. The first-order valence-corrected chi connectivity index (χ1v) is 6.45. The van der Waals surface area contributed by atoms with Gasteiger partial charge in [0, 0.05) is 14.0 Å². The third kappa shape index (κ3) is 2.73. The minimum absolute atomic E-state index is 0. The molecule has 1 spiro atoms. The van der Waals surface area contributed by atoms with Crippen molar-refractivity contribution >= 4 is 0 Å². The average molecular weight is 213 g/mol. The van der Waals surface area contributed by atoms with Crippen LogP contribution in [0.3, 0.4) is 0 Å². The lowest BCUT2D eigenvalue weighted by Gasteiger charge is -2.57. The molecule has 2 nitrogen and oxygen atoms in total. The van der Waals surface area contributed by atoms with Gasteiger partial charge in [-0.1, -0.05) is 6.92 Å². The Balaban J connectivity index is 0.00000128. The van der Waals surface area contributed by atoms with Crippen molar-refractivity contribution in [2.24, 2.45) is 11.3 Å². The van der Waals surface area contributed by atoms with Crippen LogP contribution in [0.1, 0.15) is 47.9 Å². The van der Waals surface area contributed by atoms with Gasteiger partial charge in [-0.15, -0.1) is 0 Å². The van der Waals surface area contributed by atoms with Crippen LogP contribution in [-0.4, -0.2) is 25.3 Å². The fourth-order valence-corrected chi connectivity index (χ4v) is 3.44. The molecule has 2 fully saturated rings. The third-order valence-electron chi connectivity index (χ3n) is 3.91. The van der Waals surface area contributed by atoms with E-state index < -0.39 is 0 Å². The average Bonchev–Trinajstić information content (AvgIpc) is 2.04. The lowest BCUT2D eigenvalue weighted by atomic mass is 9.50. The monoisotopic (exact) mass is 213 g/mol. The van der Waals surface area contributed by atoms with E-state index in [4.69, 9.17) is 4.74 Å². The van der Waals surface area contributed by atoms with Crippen molar-refractivity contribution in [1.82, 2.24) is 5.32 Å². The number of rotatable bonds is 5. The summed E-state index contributed by atoms with van der Waals surface area (Å²) in [5.74, 6) is 0.996. The Labute approximate surface area is 95.3 Å². The maximum Gasteiger partial charge on any atom is 0.0594 e. The highest BCUT2D eigenvalue weighted by Crippen LogP contribution is 2.58. The van der Waals surface area contributed by atoms with Crippen LogP contribution in [-0.2, 0) is 4.74 Å². The molecule has 2 aliphatic rings. The Morgan fingerprint density at radius 2 is 2.00 bits per heavy atom. The van der Waals surface area contributed by atoms with E-state index in [2.05, 4.69) is 26.1 Å². The molecule has 2 aliphatic carbocycles. The Morgan fingerprint density at radius 1 is 1.33 bits per heavy atom. The molecule has 0 bridgehead atoms. The van der Waals surface area contributed by atoms with Gasteiger partial charge < -0.3 is 10.1 Å². The highest BCUT2D eigenvalue weighted by atomic mass is 16.5. The van der Waals surface area contributed by atoms with Gasteiger partial charge in [-0.3, -0.25) is 0 Å². The topological polar surface area (TPSA) is 21.3 Å². The van der Waals surface area contributed by atoms with Crippen LogP contribution in [0.2, 0.25) is 0 Å². The summed E-state index contributed by atoms with van der Waals surface area (Å²) in [5, 5.41) is 3.59. The molecule has 0 aromatic heterocycles. The number of hydrogen-bond acceptors (Lipinski definition) is 2. The molecule has 0 radical (unpaired) electrons. The second-order valence-electron chi connectivity index (χ2n) is 5.99. The molecule has 0 amide bonds. The highest BCUT2D eigenvalue weighted by molar-refractivity contribution is 5.04. The Hall–Kier alpha value is -0.0800. The lowest BCUT2D eigenvalue weighted by Crippen LogP contribution is -2.55. The molecule has 90 valence electrons. The predicted octanol–water partition coefficient (Wildman–Crippen LogP) is 2.83. The fraction of sp³-hybridized carbons (Fsp3) is 1.00. The molecular weight excluding hydrogens is 186 g/mol. The van der Waals surface area contributed by atoms with Crippen molar-refractivity contribution in [3.05, 3.63) is 0 Å². The number of nitrogens with one attached hydrogen (secondary N) is 1. The van der Waals surface area contributed by atoms with Crippen LogP contribution >= 0.6 is 0 Å². The van der Waals surface area contributed by atoms with Crippen molar-refractivity contribution < 1.29 is 6.16 Å². The zero-order valence-corrected chi connectivity index (χ0v) is 10.4. The highest BCUT2D eigenvalue weighted by Gasteiger charge is 2.50. The molecular formula is C13H27NO. The summed E-state index contributed by atoms with van der Waals surface area (Å²) in [6.07, 6.45) is 6.16. The third-order valence-corrected chi connectivity index (χ3v) is 3.91. The smallest absolute Gasteiger partial charge is 0.0594 e. The zero-order valence-electron chi connectivity index (χ0n) is 10.4. The molecule has 2 saturated carbocycles. The summed E-state index contributed by atoms with van der Waals surface area (Å²) in [4.78, 5) is 0. The molecule has 2 heteroatoms. The van der Waals surface area contributed by atoms with E-state index in [1.807, 2.05) is 0 Å². The van der Waals surface area contributed by atoms with Crippen LogP contribution in [0.5, 0.6) is 0 Å². The van der Waals surface area contributed by atoms with Crippen molar-refractivity contribution in [2.75, 3.05) is 13.2 Å². The molecule has 0 saturated heterocycles. The molecule has 0 atom stereocenters. The first-order valence-electron chi connectivity index (χ1n) is 6.45. The number of hydrogen-bond donors (Lipinski definition) is 1. The van der Waals surface area contributed by atoms with Gasteiger partial charge in [-0.05, 0) is 50.9 Å². The normalized spacial score (nSPS) is 39.2. The molecule has 0 unspecified atom stereocenters. The summed E-state index contributed by atoms with van der Waals surface area (Å²) >= 11 is 0. The summed E-state index contributed by atoms with van der Waals surface area (Å²) in [5.41, 5.74) is 0.774. The first kappa shape index (κ1) is 11.4. The second kappa shape index (κ2) is 4.42. The summed E-state index contributed by atoms with van der Waals surface area (Å²) in [7, 11) is 0. The molecule has 0 aromatic rings. The van der Waals surface area contributed by atoms with E-state index >= 15 is 0 Å². The standard InChI is InChI=1S/C13H25NO.H2/c1-10(2)15-5-4-14-12-8-13(9-12)6-11(3)7-13;/h10-12,14H,4-9H2,1-3H3;1H. The van der Waals surface area contributed by atoms with Crippen LogP contribution in [0.15, 0.2) is 0 Å². The van der Waals surface area contributed by atoms with E-state index in [0.717, 1.165) is 30.5 Å². The zero-order chi connectivity index (χ0) is 10.9. The van der Waals surface area contributed by atoms with E-state index in [1.165, 1.54) is 25.7 Å². The van der Waals surface area contributed by atoms with Crippen LogP contribution in [0.25, 0.3) is 0 Å². The molecule has 2 rings (SSSR count). The molecule has 0 aliphatic heterocycles. The maximum absolute atomic E-state index is 5.51. The van der Waals surface area contributed by atoms with Crippen molar-refractivity contribution in [3.8, 4) is 0 Å². The summed E-state index contributed by atoms with van der Waals surface area (Å²) in [6, 6.07) is 0.785. The van der Waals surface area contributed by atoms with Gasteiger partial charge in [0.1, 0.15) is 0 Å². The van der Waals surface area contributed by atoms with Gasteiger partial charge in [-0.2, -0.15) is 0 Å². The van der Waals surface area contributed by atoms with Gasteiger partial charge in [0.25, 0.3) is 0 Å². The van der Waals surface area contributed by atoms with E-state index in [9.17, 15) is 0 Å². The summed E-state index contributed by atoms with van der Waals surface area (Å²) < 4.78 is 5.51. The van der Waals surface area contributed by atoms with Gasteiger partial charge in [0.05, 0.1) is 12.7 Å².